The second-order valence-electron chi connectivity index (χ2n) is 23.6. The molecule has 4 saturated heterocycles. The molecule has 0 unspecified atom stereocenters. The highest BCUT2D eigenvalue weighted by Crippen LogP contribution is 2.37. The van der Waals surface area contributed by atoms with Crippen LogP contribution in [0, 0.1) is 11.8 Å². The maximum Gasteiger partial charge on any atom is 0.253 e. The van der Waals surface area contributed by atoms with Crippen molar-refractivity contribution in [1.29, 1.82) is 0 Å². The third-order valence-corrected chi connectivity index (χ3v) is 18.1. The molecule has 4 aliphatic rings. The van der Waals surface area contributed by atoms with E-state index in [0.29, 0.717) is 95.6 Å². The summed E-state index contributed by atoms with van der Waals surface area (Å²) >= 11 is 0. The SMILES string of the molecule is CC[C@H](NC)C(=O)N[C@@H]1C(=O)N2[C@@H](CC[C@@H]1CNC(=O)CCCNc1c(NCCCCNC(=O)[C@@H](NC(=O)[C@@H]3CC[C@@H]4CC[C@H](CO)[C@H](NC(=O)[C@H](CC)NC)C(=O)N43)c3ccccc3)c(=O)c1=O)CC[C@H]2C(=O)NC(c1ccccc1)c1ccccc1. The number of rotatable bonds is 30. The number of amides is 8. The molecular formula is C65H88N12O11. The van der Waals surface area contributed by atoms with Crippen LogP contribution in [0.5, 0.6) is 0 Å². The van der Waals surface area contributed by atoms with E-state index in [1.165, 1.54) is 4.90 Å². The van der Waals surface area contributed by atoms with Crippen molar-refractivity contribution in [2.24, 2.45) is 11.8 Å². The molecule has 0 spiro atoms. The van der Waals surface area contributed by atoms with Gasteiger partial charge in [0.15, 0.2) is 0 Å². The molecule has 4 aromatic carbocycles. The highest BCUT2D eigenvalue weighted by Gasteiger charge is 2.50. The van der Waals surface area contributed by atoms with Crippen LogP contribution in [0.3, 0.4) is 0 Å². The van der Waals surface area contributed by atoms with Crippen molar-refractivity contribution in [3.63, 3.8) is 0 Å². The van der Waals surface area contributed by atoms with Crippen molar-refractivity contribution in [3.8, 4) is 0 Å². The van der Waals surface area contributed by atoms with Gasteiger partial charge in [0.05, 0.1) is 18.1 Å². The number of hydrogen-bond donors (Lipinski definition) is 11. The molecule has 23 nitrogen and oxygen atoms in total. The molecular weight excluding hydrogens is 1120 g/mol. The van der Waals surface area contributed by atoms with Crippen molar-refractivity contribution < 1.29 is 43.5 Å². The average molecular weight is 1210 g/mol. The van der Waals surface area contributed by atoms with Crippen molar-refractivity contribution in [3.05, 3.63) is 128 Å². The molecule has 474 valence electrons. The van der Waals surface area contributed by atoms with E-state index in [1.54, 1.807) is 49.3 Å². The van der Waals surface area contributed by atoms with E-state index >= 15 is 0 Å². The number of nitrogens with one attached hydrogen (secondary N) is 10. The van der Waals surface area contributed by atoms with Crippen LogP contribution in [0.1, 0.15) is 133 Å². The maximum atomic E-state index is 14.8. The number of likely N-dealkylation sites (N-methyl/N-ethyl adjacent to an activating group) is 2. The summed E-state index contributed by atoms with van der Waals surface area (Å²) in [5, 5.41) is 40.1. The van der Waals surface area contributed by atoms with Gasteiger partial charge in [-0.05, 0) is 114 Å². The Morgan fingerprint density at radius 2 is 0.966 bits per heavy atom. The molecule has 0 saturated carbocycles. The van der Waals surface area contributed by atoms with Gasteiger partial charge in [-0.2, -0.15) is 0 Å². The molecule has 0 radical (unpaired) electrons. The summed E-state index contributed by atoms with van der Waals surface area (Å²) in [5.41, 5.74) is 1.22. The molecule has 4 aliphatic heterocycles. The fraction of sp³-hybridized carbons (Fsp3) is 0.538. The summed E-state index contributed by atoms with van der Waals surface area (Å²) in [6.45, 7) is 4.21. The van der Waals surface area contributed by atoms with Crippen molar-refractivity contribution in [2.75, 3.05) is 57.5 Å². The first kappa shape index (κ1) is 65.9. The molecule has 4 fully saturated rings. The van der Waals surface area contributed by atoms with Gasteiger partial charge in [-0.1, -0.05) is 105 Å². The lowest BCUT2D eigenvalue weighted by molar-refractivity contribution is -0.144. The first-order chi connectivity index (χ1) is 42.6. The van der Waals surface area contributed by atoms with E-state index in [1.807, 2.05) is 74.5 Å². The van der Waals surface area contributed by atoms with E-state index < -0.39 is 88.7 Å². The highest BCUT2D eigenvalue weighted by atomic mass is 16.3. The van der Waals surface area contributed by atoms with Crippen LogP contribution in [-0.4, -0.2) is 157 Å². The Morgan fingerprint density at radius 3 is 1.45 bits per heavy atom. The quantitative estimate of drug-likeness (QED) is 0.0263. The van der Waals surface area contributed by atoms with Crippen LogP contribution < -0.4 is 64.0 Å². The zero-order valence-electron chi connectivity index (χ0n) is 50.9. The number of carbonyl (C=O) groups excluding carboxylic acids is 8. The Morgan fingerprint density at radius 1 is 0.523 bits per heavy atom. The number of hydrogen-bond acceptors (Lipinski definition) is 15. The Bertz CT molecular complexity index is 3060. The largest absolute Gasteiger partial charge is 0.396 e. The molecule has 23 heteroatoms. The maximum absolute atomic E-state index is 14.8. The van der Waals surface area contributed by atoms with Crippen molar-refractivity contribution in [1.82, 2.24) is 52.3 Å². The number of benzene rings is 3. The third-order valence-electron chi connectivity index (χ3n) is 18.1. The zero-order valence-corrected chi connectivity index (χ0v) is 50.9. The number of nitrogens with zero attached hydrogens (tertiary/aromatic N) is 2. The van der Waals surface area contributed by atoms with Crippen LogP contribution in [0.15, 0.2) is 101 Å². The minimum absolute atomic E-state index is 0.0608. The molecule has 8 rings (SSSR count). The molecule has 88 heavy (non-hydrogen) atoms. The number of fused-ring (bicyclic) bond motifs is 2. The van der Waals surface area contributed by atoms with Crippen molar-refractivity contribution in [2.45, 2.75) is 164 Å². The molecule has 0 bridgehead atoms. The second-order valence-corrected chi connectivity index (χ2v) is 23.6. The lowest BCUT2D eigenvalue weighted by atomic mass is 9.92. The van der Waals surface area contributed by atoms with E-state index in [0.717, 1.165) is 11.1 Å². The van der Waals surface area contributed by atoms with E-state index in [-0.39, 0.29) is 85.7 Å². The van der Waals surface area contributed by atoms with Crippen molar-refractivity contribution >= 4 is 58.6 Å². The smallest absolute Gasteiger partial charge is 0.253 e. The molecule has 4 heterocycles. The molecule has 11 N–H and O–H groups in total. The first-order valence-corrected chi connectivity index (χ1v) is 31.4. The standard InChI is InChI=1S/C65H88N12O11/c1-5-46(66-3)59(82)74-53-42(26-28-44-30-32-48(76(44)64(53)87)61(84)72-51(39-19-10-7-11-20-39)40-21-12-8-13-22-40)37-71-50(79)25-18-36-69-56-55(57(80)58(56)81)68-34-16-17-35-70-63(86)52(41-23-14-9-15-24-41)73-62(85)49-33-31-45-29-27-43(38-78)54(65(88)77(45)49)75-60(83)47(6-2)67-4/h7-15,19-24,42-49,51-54,66-69,78H,5-6,16-18,25-38H2,1-4H3,(H,70,86)(H,71,79)(H,72,84)(H,73,85)(H,74,82)(H,75,83)/t42-,43-,44+,45+,46+,47+,48+,49+,52+,53+,54+/m1/s1. The second kappa shape index (κ2) is 31.8. The van der Waals surface area contributed by atoms with Gasteiger partial charge in [0.2, 0.25) is 47.3 Å². The first-order valence-electron chi connectivity index (χ1n) is 31.4. The molecule has 11 atom stereocenters. The van der Waals surface area contributed by atoms with Gasteiger partial charge in [0.1, 0.15) is 41.6 Å². The molecule has 8 amide bonds. The summed E-state index contributed by atoms with van der Waals surface area (Å²) < 4.78 is 0. The molecule has 0 aromatic heterocycles. The predicted octanol–water partition coefficient (Wildman–Crippen LogP) is 2.16. The summed E-state index contributed by atoms with van der Waals surface area (Å²) in [6.07, 6.45) is 6.38. The fourth-order valence-corrected chi connectivity index (χ4v) is 13.1. The van der Waals surface area contributed by atoms with Crippen LogP contribution >= 0.6 is 0 Å². The van der Waals surface area contributed by atoms with E-state index in [9.17, 15) is 53.1 Å². The zero-order chi connectivity index (χ0) is 62.9. The lowest BCUT2D eigenvalue weighted by Gasteiger charge is -2.33. The van der Waals surface area contributed by atoms with Gasteiger partial charge < -0.3 is 68.1 Å². The Hall–Kier alpha value is -8.02. The van der Waals surface area contributed by atoms with E-state index in [2.05, 4.69) is 53.2 Å². The van der Waals surface area contributed by atoms with Crippen LogP contribution in [0.4, 0.5) is 11.4 Å². The number of unbranched alkanes of at least 4 members (excludes halogenated alkanes) is 1. The monoisotopic (exact) mass is 1210 g/mol. The predicted molar refractivity (Wildman–Crippen MR) is 333 cm³/mol. The van der Waals surface area contributed by atoms with E-state index in [4.69, 9.17) is 0 Å². The van der Waals surface area contributed by atoms with Crippen LogP contribution in [-0.2, 0) is 38.4 Å². The highest BCUT2D eigenvalue weighted by molar-refractivity contribution is 5.97. The Balaban J connectivity index is 0.795. The number of carbonyl (C=O) groups is 8. The third kappa shape index (κ3) is 15.8. The lowest BCUT2D eigenvalue weighted by Crippen LogP contribution is -2.59. The normalized spacial score (nSPS) is 22.7. The Labute approximate surface area is 514 Å². The van der Waals surface area contributed by atoms with Crippen LogP contribution in [0.2, 0.25) is 0 Å². The van der Waals surface area contributed by atoms with Gasteiger partial charge in [0, 0.05) is 63.1 Å². The van der Waals surface area contributed by atoms with Gasteiger partial charge in [-0.25, -0.2) is 0 Å². The topological polar surface area (TPSA) is 318 Å². The molecule has 4 aromatic rings. The molecule has 0 aliphatic carbocycles. The minimum atomic E-state index is -1.09. The van der Waals surface area contributed by atoms with Gasteiger partial charge in [-0.3, -0.25) is 47.9 Å². The minimum Gasteiger partial charge on any atom is -0.396 e. The van der Waals surface area contributed by atoms with Gasteiger partial charge in [-0.15, -0.1) is 0 Å². The number of aliphatic hydroxyl groups excluding tert-OH is 1. The summed E-state index contributed by atoms with van der Waals surface area (Å²) in [6, 6.07) is 21.2. The summed E-state index contributed by atoms with van der Waals surface area (Å²) in [7, 11) is 3.33. The van der Waals surface area contributed by atoms with Crippen LogP contribution in [0.25, 0.3) is 0 Å². The van der Waals surface area contributed by atoms with Gasteiger partial charge >= 0.3 is 0 Å². The fourth-order valence-electron chi connectivity index (χ4n) is 13.1. The summed E-state index contributed by atoms with van der Waals surface area (Å²) in [4.78, 5) is 140. The Kier molecular flexibility index (Phi) is 23.8. The van der Waals surface area contributed by atoms with Gasteiger partial charge in [0.25, 0.3) is 10.9 Å². The average Bonchev–Trinajstić information content (AvgIpc) is 1.87. The number of anilines is 2. The summed E-state index contributed by atoms with van der Waals surface area (Å²) in [5.74, 6) is -4.08. The number of aliphatic hydroxyl groups is 1.